The molecule has 0 aliphatic heterocycles. The second kappa shape index (κ2) is 5.87. The molecule has 2 aromatic carbocycles. The van der Waals surface area contributed by atoms with E-state index in [4.69, 9.17) is 5.11 Å². The maximum absolute atomic E-state index is 12.1. The van der Waals surface area contributed by atoms with Gasteiger partial charge in [0.25, 0.3) is 0 Å². The van der Waals surface area contributed by atoms with Gasteiger partial charge in [0.1, 0.15) is 0 Å². The largest absolute Gasteiger partial charge is 0.478 e. The van der Waals surface area contributed by atoms with Crippen molar-refractivity contribution in [3.05, 3.63) is 47.5 Å². The summed E-state index contributed by atoms with van der Waals surface area (Å²) in [5, 5.41) is 10.7. The van der Waals surface area contributed by atoms with Gasteiger partial charge in [0.05, 0.1) is 5.56 Å². The highest BCUT2D eigenvalue weighted by Gasteiger charge is 2.09. The molecule has 0 unspecified atom stereocenters. The van der Waals surface area contributed by atoms with Crippen molar-refractivity contribution in [2.24, 2.45) is 5.92 Å². The number of carbonyl (C=O) groups excluding carboxylic acids is 1. The predicted octanol–water partition coefficient (Wildman–Crippen LogP) is 4.16. The molecule has 0 amide bonds. The molecule has 0 atom stereocenters. The van der Waals surface area contributed by atoms with Gasteiger partial charge in [-0.2, -0.15) is 0 Å². The van der Waals surface area contributed by atoms with Crippen molar-refractivity contribution in [2.45, 2.75) is 26.7 Å². The zero-order valence-electron chi connectivity index (χ0n) is 11.7. The van der Waals surface area contributed by atoms with Gasteiger partial charge in [-0.15, -0.1) is 0 Å². The van der Waals surface area contributed by atoms with Crippen LogP contribution in [0.15, 0.2) is 36.4 Å². The number of rotatable bonds is 5. The average Bonchev–Trinajstić information content (AvgIpc) is 2.43. The maximum atomic E-state index is 12.1. The number of aromatic carboxylic acids is 1. The van der Waals surface area contributed by atoms with Crippen LogP contribution in [0, 0.1) is 5.92 Å². The van der Waals surface area contributed by atoms with Crippen molar-refractivity contribution < 1.29 is 14.7 Å². The van der Waals surface area contributed by atoms with Gasteiger partial charge in [-0.05, 0) is 41.3 Å². The van der Waals surface area contributed by atoms with E-state index in [9.17, 15) is 9.59 Å². The van der Waals surface area contributed by atoms with Crippen LogP contribution in [-0.4, -0.2) is 16.9 Å². The molecule has 1 N–H and O–H groups in total. The summed E-state index contributed by atoms with van der Waals surface area (Å²) in [4.78, 5) is 23.0. The zero-order valence-corrected chi connectivity index (χ0v) is 11.7. The van der Waals surface area contributed by atoms with Crippen LogP contribution in [0.2, 0.25) is 0 Å². The third kappa shape index (κ3) is 3.23. The Kier molecular flexibility index (Phi) is 4.18. The highest BCUT2D eigenvalue weighted by Crippen LogP contribution is 2.20. The average molecular weight is 270 g/mol. The van der Waals surface area contributed by atoms with Crippen molar-refractivity contribution in [3.8, 4) is 0 Å². The molecule has 0 heterocycles. The summed E-state index contributed by atoms with van der Waals surface area (Å²) in [6.45, 7) is 4.20. The van der Waals surface area contributed by atoms with Crippen LogP contribution in [0.25, 0.3) is 10.8 Å². The van der Waals surface area contributed by atoms with Gasteiger partial charge in [-0.1, -0.05) is 32.0 Å². The fourth-order valence-electron chi connectivity index (χ4n) is 2.12. The second-order valence-electron chi connectivity index (χ2n) is 5.44. The standard InChI is InChI=1S/C17H18O3/c1-11(2)3-8-16(18)14-6-4-13-10-15(17(19)20)7-5-12(13)9-14/h4-7,9-11H,3,8H2,1-2H3,(H,19,20). The van der Waals surface area contributed by atoms with Gasteiger partial charge in [0.2, 0.25) is 0 Å². The first kappa shape index (κ1) is 14.3. The Morgan fingerprint density at radius 3 is 2.10 bits per heavy atom. The topological polar surface area (TPSA) is 54.4 Å². The summed E-state index contributed by atoms with van der Waals surface area (Å²) in [6.07, 6.45) is 1.44. The molecule has 20 heavy (non-hydrogen) atoms. The fourth-order valence-corrected chi connectivity index (χ4v) is 2.12. The van der Waals surface area contributed by atoms with E-state index in [1.54, 1.807) is 24.3 Å². The number of benzene rings is 2. The lowest BCUT2D eigenvalue weighted by Crippen LogP contribution is -2.01. The molecule has 0 bridgehead atoms. The fraction of sp³-hybridized carbons (Fsp3) is 0.294. The summed E-state index contributed by atoms with van der Waals surface area (Å²) >= 11 is 0. The van der Waals surface area contributed by atoms with E-state index in [1.165, 1.54) is 0 Å². The number of carboxylic acid groups (broad SMARTS) is 1. The van der Waals surface area contributed by atoms with E-state index in [2.05, 4.69) is 13.8 Å². The summed E-state index contributed by atoms with van der Waals surface area (Å²) in [5.41, 5.74) is 0.956. The molecular weight excluding hydrogens is 252 g/mol. The Bertz CT molecular complexity index is 656. The quantitative estimate of drug-likeness (QED) is 0.830. The van der Waals surface area contributed by atoms with Crippen molar-refractivity contribution in [1.82, 2.24) is 0 Å². The van der Waals surface area contributed by atoms with Crippen molar-refractivity contribution in [1.29, 1.82) is 0 Å². The minimum Gasteiger partial charge on any atom is -0.478 e. The lowest BCUT2D eigenvalue weighted by Gasteiger charge is -2.06. The summed E-state index contributed by atoms with van der Waals surface area (Å²) < 4.78 is 0. The maximum Gasteiger partial charge on any atom is 0.335 e. The van der Waals surface area contributed by atoms with E-state index >= 15 is 0 Å². The summed E-state index contributed by atoms with van der Waals surface area (Å²) in [5.74, 6) is -0.288. The highest BCUT2D eigenvalue weighted by atomic mass is 16.4. The van der Waals surface area contributed by atoms with E-state index in [0.717, 1.165) is 17.2 Å². The molecule has 0 aliphatic rings. The minimum atomic E-state index is -0.941. The lowest BCUT2D eigenvalue weighted by molar-refractivity contribution is 0.0696. The summed E-state index contributed by atoms with van der Waals surface area (Å²) in [7, 11) is 0. The molecule has 0 aromatic heterocycles. The van der Waals surface area contributed by atoms with Gasteiger partial charge in [-0.25, -0.2) is 4.79 Å². The smallest absolute Gasteiger partial charge is 0.335 e. The normalized spacial score (nSPS) is 10.9. The Balaban J connectivity index is 2.28. The van der Waals surface area contributed by atoms with Crippen LogP contribution < -0.4 is 0 Å². The van der Waals surface area contributed by atoms with Gasteiger partial charge in [0, 0.05) is 12.0 Å². The first-order chi connectivity index (χ1) is 9.47. The Morgan fingerprint density at radius 2 is 1.55 bits per heavy atom. The first-order valence-corrected chi connectivity index (χ1v) is 6.77. The van der Waals surface area contributed by atoms with Crippen molar-refractivity contribution in [3.63, 3.8) is 0 Å². The molecule has 0 radical (unpaired) electrons. The van der Waals surface area contributed by atoms with Crippen LogP contribution in [-0.2, 0) is 0 Å². The van der Waals surface area contributed by atoms with E-state index < -0.39 is 5.97 Å². The van der Waals surface area contributed by atoms with Crippen LogP contribution in [0.1, 0.15) is 47.4 Å². The molecule has 2 aromatic rings. The van der Waals surface area contributed by atoms with Crippen LogP contribution in [0.4, 0.5) is 0 Å². The SMILES string of the molecule is CC(C)CCC(=O)c1ccc2cc(C(=O)O)ccc2c1. The number of ketones is 1. The molecule has 0 spiro atoms. The monoisotopic (exact) mass is 270 g/mol. The van der Waals surface area contributed by atoms with E-state index in [0.29, 0.717) is 17.9 Å². The molecular formula is C17H18O3. The Labute approximate surface area is 118 Å². The van der Waals surface area contributed by atoms with Crippen LogP contribution in [0.3, 0.4) is 0 Å². The molecule has 0 saturated carbocycles. The van der Waals surface area contributed by atoms with Crippen LogP contribution >= 0.6 is 0 Å². The van der Waals surface area contributed by atoms with Crippen molar-refractivity contribution in [2.75, 3.05) is 0 Å². The number of fused-ring (bicyclic) bond motifs is 1. The number of hydrogen-bond acceptors (Lipinski definition) is 2. The van der Waals surface area contributed by atoms with Gasteiger partial charge in [-0.3, -0.25) is 4.79 Å². The van der Waals surface area contributed by atoms with E-state index in [-0.39, 0.29) is 11.3 Å². The number of carbonyl (C=O) groups is 2. The third-order valence-corrected chi connectivity index (χ3v) is 3.36. The predicted molar refractivity (Wildman–Crippen MR) is 79.3 cm³/mol. The number of Topliss-reactive ketones (excluding diaryl/α,β-unsaturated/α-hetero) is 1. The molecule has 104 valence electrons. The zero-order chi connectivity index (χ0) is 14.7. The molecule has 0 saturated heterocycles. The molecule has 0 fully saturated rings. The Hall–Kier alpha value is -2.16. The van der Waals surface area contributed by atoms with Gasteiger partial charge < -0.3 is 5.11 Å². The number of hydrogen-bond donors (Lipinski definition) is 1. The van der Waals surface area contributed by atoms with E-state index in [1.807, 2.05) is 12.1 Å². The lowest BCUT2D eigenvalue weighted by atomic mass is 9.98. The molecule has 3 nitrogen and oxygen atoms in total. The summed E-state index contributed by atoms with van der Waals surface area (Å²) in [6, 6.07) is 10.4. The Morgan fingerprint density at radius 1 is 1.00 bits per heavy atom. The van der Waals surface area contributed by atoms with Gasteiger partial charge >= 0.3 is 5.97 Å². The second-order valence-corrected chi connectivity index (χ2v) is 5.44. The molecule has 3 heteroatoms. The van der Waals surface area contributed by atoms with Crippen LogP contribution in [0.5, 0.6) is 0 Å². The molecule has 0 aliphatic carbocycles. The van der Waals surface area contributed by atoms with Crippen molar-refractivity contribution >= 4 is 22.5 Å². The minimum absolute atomic E-state index is 0.142. The first-order valence-electron chi connectivity index (χ1n) is 6.77. The van der Waals surface area contributed by atoms with Gasteiger partial charge in [0.15, 0.2) is 5.78 Å². The molecule has 2 rings (SSSR count). The number of carboxylic acids is 1. The highest BCUT2D eigenvalue weighted by molar-refractivity contribution is 6.01. The third-order valence-electron chi connectivity index (χ3n) is 3.36.